The first kappa shape index (κ1) is 42.5. The van der Waals surface area contributed by atoms with Gasteiger partial charge in [0.25, 0.3) is 0 Å². The molecule has 0 saturated heterocycles. The number of nitrogens with one attached hydrogen (secondary N) is 1. The van der Waals surface area contributed by atoms with Gasteiger partial charge in [0, 0.05) is 27.8 Å². The summed E-state index contributed by atoms with van der Waals surface area (Å²) >= 11 is 0. The smallest absolute Gasteiger partial charge is 0.160 e. The van der Waals surface area contributed by atoms with E-state index >= 15 is 0 Å². The van der Waals surface area contributed by atoms with Crippen molar-refractivity contribution in [2.75, 3.05) is 0 Å². The van der Waals surface area contributed by atoms with Crippen molar-refractivity contribution in [2.24, 2.45) is 9.98 Å². The summed E-state index contributed by atoms with van der Waals surface area (Å²) in [5.41, 5.74) is 14.9. The number of aliphatic imine (C=N–C) groups is 2. The molecule has 1 aliphatic rings. The van der Waals surface area contributed by atoms with Crippen molar-refractivity contribution in [2.45, 2.75) is 6.17 Å². The van der Waals surface area contributed by atoms with Crippen LogP contribution in [0.15, 0.2) is 271 Å². The van der Waals surface area contributed by atoms with Crippen molar-refractivity contribution in [3.63, 3.8) is 0 Å². The first-order valence-corrected chi connectivity index (χ1v) is 24.4. The highest BCUT2D eigenvalue weighted by Gasteiger charge is 2.22. The number of aromatic nitrogens is 2. The van der Waals surface area contributed by atoms with Crippen LogP contribution in [0.2, 0.25) is 0 Å². The Bertz CT molecular complexity index is 3980. The number of hydrogen-bond acceptors (Lipinski definition) is 5. The van der Waals surface area contributed by atoms with E-state index < -0.39 is 0 Å². The number of nitrogens with zero attached hydrogens (tertiary/aromatic N) is 4. The Morgan fingerprint density at radius 2 is 0.736 bits per heavy atom. The van der Waals surface area contributed by atoms with Gasteiger partial charge in [0.2, 0.25) is 0 Å². The molecular weight excluding hydrogens is 875 g/mol. The minimum absolute atomic E-state index is 0.278. The number of amidine groups is 2. The van der Waals surface area contributed by atoms with Crippen molar-refractivity contribution < 1.29 is 0 Å². The maximum Gasteiger partial charge on any atom is 0.160 e. The lowest BCUT2D eigenvalue weighted by molar-refractivity contribution is 0.674. The Balaban J connectivity index is 0.827. The number of rotatable bonds is 9. The zero-order valence-electron chi connectivity index (χ0n) is 39.2. The average Bonchev–Trinajstić information content (AvgIpc) is 3.47. The highest BCUT2D eigenvalue weighted by Crippen LogP contribution is 2.41. The largest absolute Gasteiger partial charge is 0.344 e. The summed E-state index contributed by atoms with van der Waals surface area (Å²) in [4.78, 5) is 20.5. The fourth-order valence-electron chi connectivity index (χ4n) is 10.1. The Morgan fingerprint density at radius 1 is 0.306 bits per heavy atom. The highest BCUT2D eigenvalue weighted by atomic mass is 15.2. The quantitative estimate of drug-likeness (QED) is 0.157. The molecule has 0 amide bonds. The van der Waals surface area contributed by atoms with Gasteiger partial charge in [-0.1, -0.05) is 249 Å². The molecule has 0 radical (unpaired) electrons. The third-order valence-electron chi connectivity index (χ3n) is 13.8. The molecular formula is C67H45N5. The predicted molar refractivity (Wildman–Crippen MR) is 299 cm³/mol. The second-order valence-corrected chi connectivity index (χ2v) is 18.2. The van der Waals surface area contributed by atoms with Gasteiger partial charge < -0.3 is 5.32 Å². The summed E-state index contributed by atoms with van der Waals surface area (Å²) in [5.74, 6) is 2.20. The monoisotopic (exact) mass is 919 g/mol. The maximum atomic E-state index is 5.16. The van der Waals surface area contributed by atoms with E-state index in [1.54, 1.807) is 0 Å². The van der Waals surface area contributed by atoms with Crippen LogP contribution in [0.5, 0.6) is 0 Å². The van der Waals surface area contributed by atoms with Gasteiger partial charge in [0.15, 0.2) is 11.7 Å². The zero-order chi connectivity index (χ0) is 47.8. The molecule has 1 atom stereocenters. The highest BCUT2D eigenvalue weighted by molar-refractivity contribution is 6.15. The fourth-order valence-corrected chi connectivity index (χ4v) is 10.1. The van der Waals surface area contributed by atoms with E-state index in [0.29, 0.717) is 11.7 Å². The molecule has 1 unspecified atom stereocenters. The topological polar surface area (TPSA) is 62.5 Å². The van der Waals surface area contributed by atoms with E-state index in [0.717, 1.165) is 61.7 Å². The van der Waals surface area contributed by atoms with Crippen LogP contribution in [-0.4, -0.2) is 21.6 Å². The van der Waals surface area contributed by atoms with Crippen molar-refractivity contribution in [3.05, 3.63) is 278 Å². The van der Waals surface area contributed by atoms with Gasteiger partial charge in [-0.15, -0.1) is 0 Å². The molecule has 1 aromatic heterocycles. The second kappa shape index (κ2) is 18.4. The van der Waals surface area contributed by atoms with Crippen LogP contribution in [0.1, 0.15) is 22.9 Å². The molecule has 0 spiro atoms. The Hall–Kier alpha value is -9.58. The molecule has 5 heteroatoms. The van der Waals surface area contributed by atoms with E-state index in [4.69, 9.17) is 20.0 Å². The maximum absolute atomic E-state index is 5.16. The molecule has 13 rings (SSSR count). The molecule has 338 valence electrons. The van der Waals surface area contributed by atoms with Gasteiger partial charge in [0.1, 0.15) is 12.0 Å². The van der Waals surface area contributed by atoms with Crippen molar-refractivity contribution in [3.8, 4) is 67.3 Å². The lowest BCUT2D eigenvalue weighted by Gasteiger charge is -2.24. The normalized spacial score (nSPS) is 13.4. The predicted octanol–water partition coefficient (Wildman–Crippen LogP) is 16.4. The molecule has 12 aromatic rings. The van der Waals surface area contributed by atoms with E-state index in [1.807, 2.05) is 42.5 Å². The molecule has 0 bridgehead atoms. The van der Waals surface area contributed by atoms with Gasteiger partial charge in [-0.25, -0.2) is 20.0 Å². The SMILES string of the molecule is c1ccc(-c2cc(-c3ccccc3)nc(-c3ccc(-c4ccc(-c5ccc(-c6ccc(C7=NC(c8ccccc8)NC(c8ccc9ccccc9c8)=N7)cc6)c6ccccc56)c5ccccc45)cc3)n2)cc1. The van der Waals surface area contributed by atoms with Gasteiger partial charge in [-0.2, -0.15) is 0 Å². The molecule has 72 heavy (non-hydrogen) atoms. The summed E-state index contributed by atoms with van der Waals surface area (Å²) in [5, 5.41) is 10.8. The Morgan fingerprint density at radius 3 is 1.29 bits per heavy atom. The van der Waals surface area contributed by atoms with Crippen LogP contribution < -0.4 is 5.32 Å². The van der Waals surface area contributed by atoms with Crippen LogP contribution in [0.3, 0.4) is 0 Å². The summed E-state index contributed by atoms with van der Waals surface area (Å²) in [6.45, 7) is 0. The molecule has 0 saturated carbocycles. The van der Waals surface area contributed by atoms with E-state index in [2.05, 4.69) is 224 Å². The minimum Gasteiger partial charge on any atom is -0.344 e. The lowest BCUT2D eigenvalue weighted by Crippen LogP contribution is -2.33. The number of hydrogen-bond donors (Lipinski definition) is 1. The van der Waals surface area contributed by atoms with Crippen LogP contribution in [-0.2, 0) is 0 Å². The molecule has 0 aliphatic carbocycles. The minimum atomic E-state index is -0.278. The van der Waals surface area contributed by atoms with E-state index in [-0.39, 0.29) is 6.17 Å². The second-order valence-electron chi connectivity index (χ2n) is 18.2. The van der Waals surface area contributed by atoms with Gasteiger partial charge in [-0.3, -0.25) is 0 Å². The molecule has 5 nitrogen and oxygen atoms in total. The molecule has 11 aromatic carbocycles. The zero-order valence-corrected chi connectivity index (χ0v) is 39.2. The first-order valence-electron chi connectivity index (χ1n) is 24.4. The van der Waals surface area contributed by atoms with Crippen molar-refractivity contribution in [1.82, 2.24) is 15.3 Å². The first-order chi connectivity index (χ1) is 35.7. The molecule has 1 aliphatic heterocycles. The lowest BCUT2D eigenvalue weighted by atomic mass is 9.88. The van der Waals surface area contributed by atoms with Crippen molar-refractivity contribution >= 4 is 44.0 Å². The fraction of sp³-hybridized carbons (Fsp3) is 0.0149. The van der Waals surface area contributed by atoms with Crippen LogP contribution in [0.4, 0.5) is 0 Å². The van der Waals surface area contributed by atoms with E-state index in [1.165, 1.54) is 54.6 Å². The van der Waals surface area contributed by atoms with Gasteiger partial charge in [-0.05, 0) is 83.4 Å². The van der Waals surface area contributed by atoms with Crippen molar-refractivity contribution in [1.29, 1.82) is 0 Å². The summed E-state index contributed by atoms with van der Waals surface area (Å²) in [7, 11) is 0. The van der Waals surface area contributed by atoms with Crippen LogP contribution in [0.25, 0.3) is 99.6 Å². The molecule has 2 heterocycles. The van der Waals surface area contributed by atoms with Gasteiger partial charge >= 0.3 is 0 Å². The Kier molecular flexibility index (Phi) is 10.9. The van der Waals surface area contributed by atoms with Gasteiger partial charge in [0.05, 0.1) is 11.4 Å². The number of fused-ring (bicyclic) bond motifs is 3. The molecule has 0 fully saturated rings. The average molecular weight is 920 g/mol. The standard InChI is InChI=1S/C67H45N5/c1-4-17-47(18-5-1)62-43-63(48-19-6-2-7-20-48)69-64(68-62)50-33-29-45(30-34-50)54-38-40-60(58-26-14-12-24-56(54)58)61-41-39-55(57-25-13-15-27-59(57)61)46-31-35-51(36-32-46)66-70-65(49-21-8-3-9-22-49)71-67(72-66)53-37-28-44-16-10-11-23-52(44)42-53/h1-43,65H,(H,70,71,72). The van der Waals surface area contributed by atoms with E-state index in [9.17, 15) is 0 Å². The molecule has 1 N–H and O–H groups in total. The summed E-state index contributed by atoms with van der Waals surface area (Å²) < 4.78 is 0. The van der Waals surface area contributed by atoms with Crippen LogP contribution in [0, 0.1) is 0 Å². The summed E-state index contributed by atoms with van der Waals surface area (Å²) in [6.07, 6.45) is -0.278. The number of benzene rings is 11. The third-order valence-corrected chi connectivity index (χ3v) is 13.8. The summed E-state index contributed by atoms with van der Waals surface area (Å²) in [6, 6.07) is 92.1. The Labute approximate surface area is 418 Å². The van der Waals surface area contributed by atoms with Crippen LogP contribution >= 0.6 is 0 Å². The third kappa shape index (κ3) is 8.09.